The van der Waals surface area contributed by atoms with Gasteiger partial charge in [-0.3, -0.25) is 14.2 Å². The first-order valence-electron chi connectivity index (χ1n) is 8.68. The molecule has 1 N–H and O–H groups in total. The maximum Gasteiger partial charge on any atom is 0.306 e. The molecule has 1 aromatic heterocycles. The van der Waals surface area contributed by atoms with E-state index in [0.717, 1.165) is 16.7 Å². The van der Waals surface area contributed by atoms with Crippen molar-refractivity contribution in [3.63, 3.8) is 0 Å². The standard InChI is InChI=1S/C20H19N3O3/c24-19(22-11-9-15(10-12-22)20(25)26)14-5-7-16(8-6-14)23-13-21-17-3-1-2-4-18(17)23/h1-8,13,15H,9-12H2,(H,25,26). The summed E-state index contributed by atoms with van der Waals surface area (Å²) in [6.45, 7) is 0.980. The van der Waals surface area contributed by atoms with Crippen LogP contribution in [0.4, 0.5) is 0 Å². The molecule has 0 aliphatic carbocycles. The molecule has 0 saturated carbocycles. The largest absolute Gasteiger partial charge is 0.481 e. The van der Waals surface area contributed by atoms with Crippen molar-refractivity contribution in [2.45, 2.75) is 12.8 Å². The van der Waals surface area contributed by atoms with Gasteiger partial charge in [0.15, 0.2) is 0 Å². The number of benzene rings is 2. The van der Waals surface area contributed by atoms with E-state index in [9.17, 15) is 9.59 Å². The van der Waals surface area contributed by atoms with Gasteiger partial charge in [0, 0.05) is 24.3 Å². The number of para-hydroxylation sites is 2. The number of likely N-dealkylation sites (tertiary alicyclic amines) is 1. The molecule has 1 amide bonds. The Hall–Kier alpha value is -3.15. The number of carboxylic acid groups (broad SMARTS) is 1. The second-order valence-electron chi connectivity index (χ2n) is 6.55. The molecular weight excluding hydrogens is 330 g/mol. The number of aromatic nitrogens is 2. The number of hydrogen-bond donors (Lipinski definition) is 1. The SMILES string of the molecule is O=C(O)C1CCN(C(=O)c2ccc(-n3cnc4ccccc43)cc2)CC1. The van der Waals surface area contributed by atoms with Crippen LogP contribution >= 0.6 is 0 Å². The molecule has 26 heavy (non-hydrogen) atoms. The predicted octanol–water partition coefficient (Wildman–Crippen LogP) is 2.96. The van der Waals surface area contributed by atoms with Crippen LogP contribution in [0.2, 0.25) is 0 Å². The van der Waals surface area contributed by atoms with E-state index in [0.29, 0.717) is 31.5 Å². The third-order valence-electron chi connectivity index (χ3n) is 4.98. The van der Waals surface area contributed by atoms with Crippen LogP contribution < -0.4 is 0 Å². The van der Waals surface area contributed by atoms with Crippen molar-refractivity contribution >= 4 is 22.9 Å². The van der Waals surface area contributed by atoms with Crippen molar-refractivity contribution in [3.05, 3.63) is 60.4 Å². The van der Waals surface area contributed by atoms with E-state index in [2.05, 4.69) is 4.98 Å². The first-order valence-corrected chi connectivity index (χ1v) is 8.68. The van der Waals surface area contributed by atoms with Crippen LogP contribution in [0.25, 0.3) is 16.7 Å². The molecule has 1 aliphatic heterocycles. The summed E-state index contributed by atoms with van der Waals surface area (Å²) in [5, 5.41) is 9.07. The first kappa shape index (κ1) is 16.3. The second-order valence-corrected chi connectivity index (χ2v) is 6.55. The zero-order valence-electron chi connectivity index (χ0n) is 14.2. The monoisotopic (exact) mass is 349 g/mol. The van der Waals surface area contributed by atoms with Gasteiger partial charge < -0.3 is 10.0 Å². The van der Waals surface area contributed by atoms with Gasteiger partial charge in [-0.25, -0.2) is 4.98 Å². The number of carbonyl (C=O) groups is 2. The van der Waals surface area contributed by atoms with Crippen molar-refractivity contribution in [3.8, 4) is 5.69 Å². The normalized spacial score (nSPS) is 15.3. The van der Waals surface area contributed by atoms with Crippen LogP contribution in [-0.2, 0) is 4.79 Å². The third kappa shape index (κ3) is 2.94. The fourth-order valence-corrected chi connectivity index (χ4v) is 3.44. The molecule has 2 aromatic carbocycles. The number of carboxylic acids is 1. The quantitative estimate of drug-likeness (QED) is 0.789. The molecule has 1 saturated heterocycles. The minimum Gasteiger partial charge on any atom is -0.481 e. The van der Waals surface area contributed by atoms with E-state index in [4.69, 9.17) is 5.11 Å². The number of nitrogens with zero attached hydrogens (tertiary/aromatic N) is 3. The Balaban J connectivity index is 1.51. The number of carbonyl (C=O) groups excluding carboxylic acids is 1. The highest BCUT2D eigenvalue weighted by atomic mass is 16.4. The molecule has 1 fully saturated rings. The van der Waals surface area contributed by atoms with Crippen molar-refractivity contribution < 1.29 is 14.7 Å². The molecule has 4 rings (SSSR count). The lowest BCUT2D eigenvalue weighted by molar-refractivity contribution is -0.143. The minimum atomic E-state index is -0.769. The van der Waals surface area contributed by atoms with Crippen molar-refractivity contribution in [2.24, 2.45) is 5.92 Å². The number of aliphatic carboxylic acids is 1. The van der Waals surface area contributed by atoms with E-state index in [1.807, 2.05) is 53.1 Å². The molecule has 2 heterocycles. The average molecular weight is 349 g/mol. The van der Waals surface area contributed by atoms with Crippen molar-refractivity contribution in [1.82, 2.24) is 14.5 Å². The fraction of sp³-hybridized carbons (Fsp3) is 0.250. The summed E-state index contributed by atoms with van der Waals surface area (Å²) in [5.74, 6) is -1.15. The summed E-state index contributed by atoms with van der Waals surface area (Å²) < 4.78 is 1.99. The zero-order chi connectivity index (χ0) is 18.1. The summed E-state index contributed by atoms with van der Waals surface area (Å²) in [6.07, 6.45) is 2.80. The summed E-state index contributed by atoms with van der Waals surface area (Å²) in [5.41, 5.74) is 3.50. The molecule has 6 nitrogen and oxygen atoms in total. The number of imidazole rings is 1. The van der Waals surface area contributed by atoms with Crippen LogP contribution in [0.15, 0.2) is 54.9 Å². The lowest BCUT2D eigenvalue weighted by atomic mass is 9.96. The Labute approximate surface area is 150 Å². The Morgan fingerprint density at radius 1 is 1.00 bits per heavy atom. The van der Waals surface area contributed by atoms with Gasteiger partial charge >= 0.3 is 5.97 Å². The number of fused-ring (bicyclic) bond motifs is 1. The number of hydrogen-bond acceptors (Lipinski definition) is 3. The summed E-state index contributed by atoms with van der Waals surface area (Å²) in [7, 11) is 0. The summed E-state index contributed by atoms with van der Waals surface area (Å²) in [6, 6.07) is 15.3. The van der Waals surface area contributed by atoms with Gasteiger partial charge in [-0.1, -0.05) is 12.1 Å². The van der Waals surface area contributed by atoms with Crippen LogP contribution in [0.5, 0.6) is 0 Å². The highest BCUT2D eigenvalue weighted by Crippen LogP contribution is 2.21. The van der Waals surface area contributed by atoms with Crippen molar-refractivity contribution in [1.29, 1.82) is 0 Å². The second kappa shape index (κ2) is 6.63. The van der Waals surface area contributed by atoms with Gasteiger partial charge in [0.2, 0.25) is 0 Å². The molecule has 3 aromatic rings. The average Bonchev–Trinajstić information content (AvgIpc) is 3.12. The zero-order valence-corrected chi connectivity index (χ0v) is 14.2. The maximum absolute atomic E-state index is 12.6. The Kier molecular flexibility index (Phi) is 4.16. The molecule has 1 aliphatic rings. The molecule has 0 atom stereocenters. The van der Waals surface area contributed by atoms with E-state index in [1.54, 1.807) is 11.2 Å². The van der Waals surface area contributed by atoms with E-state index in [-0.39, 0.29) is 11.8 Å². The third-order valence-corrected chi connectivity index (χ3v) is 4.98. The van der Waals surface area contributed by atoms with Gasteiger partial charge in [0.05, 0.1) is 17.0 Å². The van der Waals surface area contributed by atoms with E-state index < -0.39 is 5.97 Å². The van der Waals surface area contributed by atoms with Crippen LogP contribution in [-0.4, -0.2) is 44.5 Å². The first-order chi connectivity index (χ1) is 12.6. The van der Waals surface area contributed by atoms with Crippen LogP contribution in [0.1, 0.15) is 23.2 Å². The Morgan fingerprint density at radius 2 is 1.69 bits per heavy atom. The molecule has 0 unspecified atom stereocenters. The minimum absolute atomic E-state index is 0.0455. The maximum atomic E-state index is 12.6. The number of piperidine rings is 1. The predicted molar refractivity (Wildman–Crippen MR) is 97.3 cm³/mol. The van der Waals surface area contributed by atoms with E-state index in [1.165, 1.54) is 0 Å². The molecule has 0 radical (unpaired) electrons. The molecule has 0 spiro atoms. The van der Waals surface area contributed by atoms with Gasteiger partial charge in [0.1, 0.15) is 6.33 Å². The van der Waals surface area contributed by atoms with Crippen LogP contribution in [0.3, 0.4) is 0 Å². The van der Waals surface area contributed by atoms with Gasteiger partial charge in [-0.05, 0) is 49.2 Å². The smallest absolute Gasteiger partial charge is 0.306 e. The fourth-order valence-electron chi connectivity index (χ4n) is 3.44. The summed E-state index contributed by atoms with van der Waals surface area (Å²) in [4.78, 5) is 29.8. The topological polar surface area (TPSA) is 75.4 Å². The van der Waals surface area contributed by atoms with Gasteiger partial charge in [0.25, 0.3) is 5.91 Å². The van der Waals surface area contributed by atoms with E-state index >= 15 is 0 Å². The Bertz CT molecular complexity index is 954. The van der Waals surface area contributed by atoms with Crippen LogP contribution in [0, 0.1) is 5.92 Å². The number of amides is 1. The number of rotatable bonds is 3. The molecular formula is C20H19N3O3. The highest BCUT2D eigenvalue weighted by molar-refractivity contribution is 5.94. The van der Waals surface area contributed by atoms with Gasteiger partial charge in [-0.2, -0.15) is 0 Å². The van der Waals surface area contributed by atoms with Crippen molar-refractivity contribution in [2.75, 3.05) is 13.1 Å². The molecule has 132 valence electrons. The van der Waals surface area contributed by atoms with Gasteiger partial charge in [-0.15, -0.1) is 0 Å². The Morgan fingerprint density at radius 3 is 2.38 bits per heavy atom. The lowest BCUT2D eigenvalue weighted by Gasteiger charge is -2.30. The molecule has 6 heteroatoms. The summed E-state index contributed by atoms with van der Waals surface area (Å²) >= 11 is 0. The molecule has 0 bridgehead atoms. The lowest BCUT2D eigenvalue weighted by Crippen LogP contribution is -2.40. The highest BCUT2D eigenvalue weighted by Gasteiger charge is 2.27.